The second-order valence-corrected chi connectivity index (χ2v) is 6.20. The van der Waals surface area contributed by atoms with E-state index in [0.29, 0.717) is 19.6 Å². The molecule has 1 amide bonds. The molecule has 1 rings (SSSR count). The fourth-order valence-electron chi connectivity index (χ4n) is 2.34. The zero-order chi connectivity index (χ0) is 14.8. The van der Waals surface area contributed by atoms with Crippen molar-refractivity contribution in [1.82, 2.24) is 4.90 Å². The minimum absolute atomic E-state index is 0.0126. The molecule has 6 heteroatoms. The summed E-state index contributed by atoms with van der Waals surface area (Å²) < 4.78 is 10.3. The molecule has 1 fully saturated rings. The summed E-state index contributed by atoms with van der Waals surface area (Å²) in [5, 5.41) is 9.39. The van der Waals surface area contributed by atoms with E-state index in [0.717, 1.165) is 0 Å². The van der Waals surface area contributed by atoms with E-state index in [1.165, 1.54) is 4.90 Å². The summed E-state index contributed by atoms with van der Waals surface area (Å²) in [5.41, 5.74) is -1.87. The van der Waals surface area contributed by atoms with Gasteiger partial charge >= 0.3 is 12.1 Å². The van der Waals surface area contributed by atoms with Crippen molar-refractivity contribution >= 4 is 12.1 Å². The number of likely N-dealkylation sites (tertiary alicyclic amines) is 1. The second-order valence-electron chi connectivity index (χ2n) is 6.20. The number of rotatable bonds is 3. The molecule has 1 saturated heterocycles. The standard InChI is InChI=1S/C13H23NO5/c1-12(2,3)19-11(17)14-7-9(8-18-5)6-13(14,4)10(15)16/h9H,6-8H2,1-5H3,(H,15,16)/t9?,13-/m0/s1. The molecular formula is C13H23NO5. The smallest absolute Gasteiger partial charge is 0.411 e. The van der Waals surface area contributed by atoms with Gasteiger partial charge in [-0.3, -0.25) is 4.90 Å². The molecule has 1 aliphatic heterocycles. The van der Waals surface area contributed by atoms with Crippen molar-refractivity contribution in [2.24, 2.45) is 5.92 Å². The van der Waals surface area contributed by atoms with Gasteiger partial charge in [-0.15, -0.1) is 0 Å². The van der Waals surface area contributed by atoms with Crippen LogP contribution in [0.4, 0.5) is 4.79 Å². The molecule has 0 aromatic carbocycles. The minimum atomic E-state index is -1.23. The van der Waals surface area contributed by atoms with E-state index in [1.807, 2.05) is 0 Å². The maximum atomic E-state index is 12.1. The van der Waals surface area contributed by atoms with Crippen LogP contribution in [0.1, 0.15) is 34.1 Å². The van der Waals surface area contributed by atoms with Crippen molar-refractivity contribution in [2.45, 2.75) is 45.3 Å². The quantitative estimate of drug-likeness (QED) is 0.847. The Morgan fingerprint density at radius 3 is 2.42 bits per heavy atom. The Morgan fingerprint density at radius 1 is 1.42 bits per heavy atom. The highest BCUT2D eigenvalue weighted by Gasteiger charge is 2.51. The number of carbonyl (C=O) groups is 2. The van der Waals surface area contributed by atoms with Gasteiger partial charge in [0.05, 0.1) is 6.61 Å². The lowest BCUT2D eigenvalue weighted by atomic mass is 9.95. The molecule has 2 atom stereocenters. The summed E-state index contributed by atoms with van der Waals surface area (Å²) in [4.78, 5) is 24.9. The number of ether oxygens (including phenoxy) is 2. The lowest BCUT2D eigenvalue weighted by molar-refractivity contribution is -0.148. The molecule has 1 heterocycles. The number of methoxy groups -OCH3 is 1. The van der Waals surface area contributed by atoms with Crippen LogP contribution < -0.4 is 0 Å². The Hall–Kier alpha value is -1.30. The first-order valence-electron chi connectivity index (χ1n) is 6.33. The van der Waals surface area contributed by atoms with Crippen LogP contribution in [0.15, 0.2) is 0 Å². The Balaban J connectivity index is 2.89. The molecule has 0 aromatic rings. The van der Waals surface area contributed by atoms with Crippen LogP contribution in [-0.2, 0) is 14.3 Å². The lowest BCUT2D eigenvalue weighted by Crippen LogP contribution is -2.52. The molecule has 19 heavy (non-hydrogen) atoms. The molecule has 0 bridgehead atoms. The number of hydrogen-bond acceptors (Lipinski definition) is 4. The van der Waals surface area contributed by atoms with Gasteiger partial charge in [-0.1, -0.05) is 0 Å². The second kappa shape index (κ2) is 5.36. The topological polar surface area (TPSA) is 76.1 Å². The number of amides is 1. The molecule has 0 aliphatic carbocycles. The van der Waals surface area contributed by atoms with Crippen molar-refractivity contribution in [3.05, 3.63) is 0 Å². The maximum Gasteiger partial charge on any atom is 0.411 e. The fraction of sp³-hybridized carbons (Fsp3) is 0.846. The van der Waals surface area contributed by atoms with Gasteiger partial charge in [0.15, 0.2) is 0 Å². The summed E-state index contributed by atoms with van der Waals surface area (Å²) in [5.74, 6) is -1.00. The highest BCUT2D eigenvalue weighted by molar-refractivity contribution is 5.84. The number of carboxylic acids is 1. The van der Waals surface area contributed by atoms with Crippen molar-refractivity contribution in [3.8, 4) is 0 Å². The normalized spacial score (nSPS) is 27.4. The molecule has 1 aliphatic rings. The SMILES string of the molecule is COCC1CN(C(=O)OC(C)(C)C)[C@](C)(C(=O)O)C1. The summed E-state index contributed by atoms with van der Waals surface area (Å²) in [6.45, 7) is 7.59. The monoisotopic (exact) mass is 273 g/mol. The van der Waals surface area contributed by atoms with Crippen LogP contribution in [0, 0.1) is 5.92 Å². The lowest BCUT2D eigenvalue weighted by Gasteiger charge is -2.32. The molecule has 0 aromatic heterocycles. The first-order chi connectivity index (χ1) is 8.60. The van der Waals surface area contributed by atoms with E-state index in [1.54, 1.807) is 34.8 Å². The van der Waals surface area contributed by atoms with E-state index in [9.17, 15) is 14.7 Å². The van der Waals surface area contributed by atoms with Crippen LogP contribution in [0.3, 0.4) is 0 Å². The van der Waals surface area contributed by atoms with Crippen molar-refractivity contribution in [3.63, 3.8) is 0 Å². The first kappa shape index (κ1) is 15.8. The van der Waals surface area contributed by atoms with E-state index < -0.39 is 23.2 Å². The van der Waals surface area contributed by atoms with Crippen LogP contribution >= 0.6 is 0 Å². The van der Waals surface area contributed by atoms with Crippen LogP contribution in [0.5, 0.6) is 0 Å². The largest absolute Gasteiger partial charge is 0.480 e. The van der Waals surface area contributed by atoms with Gasteiger partial charge < -0.3 is 14.6 Å². The van der Waals surface area contributed by atoms with Gasteiger partial charge in [-0.05, 0) is 34.1 Å². The van der Waals surface area contributed by atoms with E-state index in [2.05, 4.69) is 0 Å². The van der Waals surface area contributed by atoms with Gasteiger partial charge in [-0.25, -0.2) is 9.59 Å². The third-order valence-corrected chi connectivity index (χ3v) is 3.20. The van der Waals surface area contributed by atoms with E-state index in [-0.39, 0.29) is 5.92 Å². The molecule has 6 nitrogen and oxygen atoms in total. The van der Waals surface area contributed by atoms with Gasteiger partial charge in [0.1, 0.15) is 11.1 Å². The third-order valence-electron chi connectivity index (χ3n) is 3.20. The predicted octanol–water partition coefficient (Wildman–Crippen LogP) is 1.73. The van der Waals surface area contributed by atoms with Crippen LogP contribution in [-0.4, -0.2) is 53.5 Å². The predicted molar refractivity (Wildman–Crippen MR) is 69.0 cm³/mol. The molecular weight excluding hydrogens is 250 g/mol. The van der Waals surface area contributed by atoms with Crippen LogP contribution in [0.2, 0.25) is 0 Å². The van der Waals surface area contributed by atoms with Crippen molar-refractivity contribution in [2.75, 3.05) is 20.3 Å². The molecule has 1 N–H and O–H groups in total. The van der Waals surface area contributed by atoms with E-state index in [4.69, 9.17) is 9.47 Å². The number of carboxylic acid groups (broad SMARTS) is 1. The van der Waals surface area contributed by atoms with Crippen molar-refractivity contribution in [1.29, 1.82) is 0 Å². The zero-order valence-electron chi connectivity index (χ0n) is 12.2. The van der Waals surface area contributed by atoms with Gasteiger partial charge in [0, 0.05) is 19.6 Å². The number of carbonyl (C=O) groups excluding carboxylic acids is 1. The average molecular weight is 273 g/mol. The van der Waals surface area contributed by atoms with Gasteiger partial charge in [-0.2, -0.15) is 0 Å². The molecule has 0 radical (unpaired) electrons. The summed E-state index contributed by atoms with van der Waals surface area (Å²) in [6.07, 6.45) is -0.217. The summed E-state index contributed by atoms with van der Waals surface area (Å²) in [7, 11) is 1.56. The Kier molecular flexibility index (Phi) is 4.45. The number of hydrogen-bond donors (Lipinski definition) is 1. The zero-order valence-corrected chi connectivity index (χ0v) is 12.2. The summed E-state index contributed by atoms with van der Waals surface area (Å²) in [6, 6.07) is 0. The molecule has 0 spiro atoms. The first-order valence-corrected chi connectivity index (χ1v) is 6.33. The number of nitrogens with zero attached hydrogens (tertiary/aromatic N) is 1. The van der Waals surface area contributed by atoms with Gasteiger partial charge in [0.2, 0.25) is 0 Å². The maximum absolute atomic E-state index is 12.1. The Labute approximate surface area is 113 Å². The average Bonchev–Trinajstić information content (AvgIpc) is 2.55. The highest BCUT2D eigenvalue weighted by atomic mass is 16.6. The third kappa shape index (κ3) is 3.59. The van der Waals surface area contributed by atoms with Crippen molar-refractivity contribution < 1.29 is 24.2 Å². The molecule has 0 saturated carbocycles. The number of aliphatic carboxylic acids is 1. The molecule has 110 valence electrons. The Bertz CT molecular complexity index is 363. The minimum Gasteiger partial charge on any atom is -0.480 e. The van der Waals surface area contributed by atoms with Crippen LogP contribution in [0.25, 0.3) is 0 Å². The summed E-state index contributed by atoms with van der Waals surface area (Å²) >= 11 is 0. The highest BCUT2D eigenvalue weighted by Crippen LogP contribution is 2.34. The van der Waals surface area contributed by atoms with E-state index >= 15 is 0 Å². The van der Waals surface area contributed by atoms with Gasteiger partial charge in [0.25, 0.3) is 0 Å². The molecule has 1 unspecified atom stereocenters. The fourth-order valence-corrected chi connectivity index (χ4v) is 2.34. The Morgan fingerprint density at radius 2 is 2.00 bits per heavy atom.